The first-order chi connectivity index (χ1) is 9.70. The van der Waals surface area contributed by atoms with Gasteiger partial charge in [0.15, 0.2) is 0 Å². The number of carbonyl (C=O) groups is 1. The molecule has 1 N–H and O–H groups in total. The molecular weight excluding hydrogens is 274 g/mol. The van der Waals surface area contributed by atoms with E-state index in [1.54, 1.807) is 24.3 Å². The lowest BCUT2D eigenvalue weighted by Gasteiger charge is -2.08. The first-order valence-electron chi connectivity index (χ1n) is 6.75. The number of nitrogens with one attached hydrogen (secondary N) is 1. The Morgan fingerprint density at radius 2 is 2.05 bits per heavy atom. The molecule has 0 fully saturated rings. The SMILES string of the molecule is N#CNC1=[N+](CC(=O)c2ccc(Cl)cc2)CCCCC1. The smallest absolute Gasteiger partial charge is 0.288 e. The maximum Gasteiger partial charge on any atom is 0.288 e. The highest BCUT2D eigenvalue weighted by Crippen LogP contribution is 2.11. The highest BCUT2D eigenvalue weighted by atomic mass is 35.5. The molecule has 0 amide bonds. The van der Waals surface area contributed by atoms with Gasteiger partial charge in [-0.3, -0.25) is 9.37 Å². The number of carbonyl (C=O) groups excluding carboxylic acids is 1. The van der Waals surface area contributed by atoms with Crippen molar-refractivity contribution >= 4 is 23.2 Å². The summed E-state index contributed by atoms with van der Waals surface area (Å²) >= 11 is 5.82. The van der Waals surface area contributed by atoms with Crippen LogP contribution in [-0.4, -0.2) is 29.3 Å². The van der Waals surface area contributed by atoms with Crippen LogP contribution in [0.1, 0.15) is 36.0 Å². The number of hydrogen-bond donors (Lipinski definition) is 1. The highest BCUT2D eigenvalue weighted by Gasteiger charge is 2.19. The summed E-state index contributed by atoms with van der Waals surface area (Å²) < 4.78 is 1.98. The third-order valence-corrected chi connectivity index (χ3v) is 3.68. The molecule has 0 unspecified atom stereocenters. The Morgan fingerprint density at radius 3 is 2.75 bits per heavy atom. The summed E-state index contributed by atoms with van der Waals surface area (Å²) in [7, 11) is 0. The normalized spacial score (nSPS) is 15.4. The Morgan fingerprint density at radius 1 is 1.30 bits per heavy atom. The van der Waals surface area contributed by atoms with E-state index in [2.05, 4.69) is 5.32 Å². The first kappa shape index (κ1) is 14.5. The second-order valence-electron chi connectivity index (χ2n) is 4.85. The molecule has 1 heterocycles. The number of benzene rings is 1. The molecule has 1 aromatic rings. The molecule has 0 aliphatic carbocycles. The van der Waals surface area contributed by atoms with Crippen molar-refractivity contribution < 1.29 is 9.37 Å². The lowest BCUT2D eigenvalue weighted by atomic mass is 10.1. The zero-order valence-corrected chi connectivity index (χ0v) is 12.0. The molecule has 0 radical (unpaired) electrons. The van der Waals surface area contributed by atoms with Crippen LogP contribution in [0, 0.1) is 11.5 Å². The fourth-order valence-electron chi connectivity index (χ4n) is 2.35. The molecule has 1 aliphatic heterocycles. The summed E-state index contributed by atoms with van der Waals surface area (Å²) in [4.78, 5) is 12.3. The standard InChI is InChI=1S/C15H16ClN3O/c16-13-7-5-12(6-8-13)14(20)10-19-9-3-1-2-4-15(19)18-11-17/h5-8H,1-4,9-10H2/p+1. The van der Waals surface area contributed by atoms with Crippen molar-refractivity contribution in [2.24, 2.45) is 0 Å². The molecule has 1 aliphatic rings. The number of ketones is 1. The molecule has 0 spiro atoms. The van der Waals surface area contributed by atoms with Gasteiger partial charge in [-0.05, 0) is 43.5 Å². The van der Waals surface area contributed by atoms with Crippen molar-refractivity contribution in [2.75, 3.05) is 13.1 Å². The van der Waals surface area contributed by atoms with E-state index < -0.39 is 0 Å². The van der Waals surface area contributed by atoms with Gasteiger partial charge in [0.1, 0.15) is 6.54 Å². The van der Waals surface area contributed by atoms with E-state index in [9.17, 15) is 4.79 Å². The minimum atomic E-state index is 0.0424. The van der Waals surface area contributed by atoms with Crippen LogP contribution in [0.4, 0.5) is 0 Å². The first-order valence-corrected chi connectivity index (χ1v) is 7.13. The lowest BCUT2D eigenvalue weighted by Crippen LogP contribution is -2.34. The highest BCUT2D eigenvalue weighted by molar-refractivity contribution is 6.30. The van der Waals surface area contributed by atoms with Gasteiger partial charge in [-0.1, -0.05) is 11.6 Å². The number of hydrogen-bond acceptors (Lipinski definition) is 3. The van der Waals surface area contributed by atoms with E-state index in [0.717, 1.165) is 38.1 Å². The van der Waals surface area contributed by atoms with E-state index >= 15 is 0 Å². The average molecular weight is 291 g/mol. The second-order valence-corrected chi connectivity index (χ2v) is 5.28. The molecule has 0 aromatic heterocycles. The summed E-state index contributed by atoms with van der Waals surface area (Å²) in [5, 5.41) is 12.1. The van der Waals surface area contributed by atoms with E-state index in [1.165, 1.54) is 0 Å². The number of halogens is 1. The van der Waals surface area contributed by atoms with Gasteiger partial charge >= 0.3 is 0 Å². The third-order valence-electron chi connectivity index (χ3n) is 3.42. The average Bonchev–Trinajstić information content (AvgIpc) is 2.66. The number of rotatable bonds is 3. The van der Waals surface area contributed by atoms with Crippen LogP contribution in [0.5, 0.6) is 0 Å². The second kappa shape index (κ2) is 7.06. The maximum absolute atomic E-state index is 12.3. The van der Waals surface area contributed by atoms with Crippen molar-refractivity contribution in [1.82, 2.24) is 5.32 Å². The zero-order valence-electron chi connectivity index (χ0n) is 11.2. The molecule has 2 rings (SSSR count). The molecule has 0 saturated heterocycles. The predicted molar refractivity (Wildman–Crippen MR) is 78.0 cm³/mol. The molecule has 20 heavy (non-hydrogen) atoms. The molecule has 4 nitrogen and oxygen atoms in total. The van der Waals surface area contributed by atoms with Crippen molar-refractivity contribution in [2.45, 2.75) is 25.7 Å². The Balaban J connectivity index is 2.15. The quantitative estimate of drug-likeness (QED) is 0.403. The molecule has 0 atom stereocenters. The van der Waals surface area contributed by atoms with E-state index in [4.69, 9.17) is 16.9 Å². The van der Waals surface area contributed by atoms with Gasteiger partial charge in [0, 0.05) is 17.0 Å². The molecule has 5 heteroatoms. The predicted octanol–water partition coefficient (Wildman–Crippen LogP) is 2.58. The number of amidine groups is 1. The van der Waals surface area contributed by atoms with Crippen LogP contribution in [0.25, 0.3) is 0 Å². The summed E-state index contributed by atoms with van der Waals surface area (Å²) in [6, 6.07) is 6.91. The molecule has 0 saturated carbocycles. The lowest BCUT2D eigenvalue weighted by molar-refractivity contribution is -0.516. The van der Waals surface area contributed by atoms with Gasteiger partial charge in [-0.25, -0.2) is 0 Å². The van der Waals surface area contributed by atoms with Crippen molar-refractivity contribution in [3.63, 3.8) is 0 Å². The Labute approximate surface area is 123 Å². The summed E-state index contributed by atoms with van der Waals surface area (Å²) in [5.41, 5.74) is 0.648. The van der Waals surface area contributed by atoms with Gasteiger partial charge in [-0.15, -0.1) is 5.26 Å². The largest absolute Gasteiger partial charge is 0.290 e. The molecule has 0 bridgehead atoms. The molecule has 104 valence electrons. The Kier molecular flexibility index (Phi) is 5.14. The number of nitrogens with zero attached hydrogens (tertiary/aromatic N) is 2. The van der Waals surface area contributed by atoms with Gasteiger partial charge < -0.3 is 0 Å². The van der Waals surface area contributed by atoms with Crippen LogP contribution in [0.15, 0.2) is 24.3 Å². The van der Waals surface area contributed by atoms with Gasteiger partial charge in [0.2, 0.25) is 5.78 Å². The van der Waals surface area contributed by atoms with Crippen LogP contribution in [0.2, 0.25) is 5.02 Å². The van der Waals surface area contributed by atoms with Crippen LogP contribution in [0.3, 0.4) is 0 Å². The third kappa shape index (κ3) is 3.82. The van der Waals surface area contributed by atoms with Crippen LogP contribution in [-0.2, 0) is 0 Å². The fraction of sp³-hybridized carbons (Fsp3) is 0.400. The van der Waals surface area contributed by atoms with Gasteiger partial charge in [0.05, 0.1) is 6.54 Å². The summed E-state index contributed by atoms with van der Waals surface area (Å²) in [5.74, 6) is 0.896. The van der Waals surface area contributed by atoms with Gasteiger partial charge in [0.25, 0.3) is 12.0 Å². The molecule has 1 aromatic carbocycles. The maximum atomic E-state index is 12.3. The minimum Gasteiger partial charge on any atom is -0.290 e. The van der Waals surface area contributed by atoms with E-state index in [1.807, 2.05) is 10.8 Å². The van der Waals surface area contributed by atoms with E-state index in [-0.39, 0.29) is 5.78 Å². The summed E-state index contributed by atoms with van der Waals surface area (Å²) in [6.07, 6.45) is 6.00. The molecular formula is C15H17ClN3O+. The monoisotopic (exact) mass is 290 g/mol. The topological polar surface area (TPSA) is 55.9 Å². The number of nitriles is 1. The zero-order chi connectivity index (χ0) is 14.4. The Bertz CT molecular complexity index is 557. The van der Waals surface area contributed by atoms with Crippen LogP contribution < -0.4 is 5.32 Å². The fourth-order valence-corrected chi connectivity index (χ4v) is 2.47. The number of Topliss-reactive ketones (excluding diaryl/α,β-unsaturated/α-hetero) is 1. The minimum absolute atomic E-state index is 0.0424. The van der Waals surface area contributed by atoms with Crippen molar-refractivity contribution in [3.8, 4) is 6.19 Å². The summed E-state index contributed by atoms with van der Waals surface area (Å²) in [6.45, 7) is 1.11. The van der Waals surface area contributed by atoms with Crippen LogP contribution >= 0.6 is 11.6 Å². The van der Waals surface area contributed by atoms with Gasteiger partial charge in [-0.2, -0.15) is 5.32 Å². The van der Waals surface area contributed by atoms with E-state index in [0.29, 0.717) is 17.1 Å². The van der Waals surface area contributed by atoms with Crippen molar-refractivity contribution in [1.29, 1.82) is 5.26 Å². The van der Waals surface area contributed by atoms with Crippen molar-refractivity contribution in [3.05, 3.63) is 34.9 Å². The Hall–Kier alpha value is -1.86.